The molecule has 5 nitrogen and oxygen atoms in total. The van der Waals surface area contributed by atoms with E-state index in [1.807, 2.05) is 0 Å². The van der Waals surface area contributed by atoms with Gasteiger partial charge in [-0.1, -0.05) is 18.2 Å². The van der Waals surface area contributed by atoms with Gasteiger partial charge in [0.05, 0.1) is 22.3 Å². The molecule has 0 radical (unpaired) electrons. The zero-order valence-electron chi connectivity index (χ0n) is 13.1. The first-order chi connectivity index (χ1) is 11.6. The van der Waals surface area contributed by atoms with Gasteiger partial charge in [0.15, 0.2) is 9.84 Å². The molecule has 0 unspecified atom stereocenters. The summed E-state index contributed by atoms with van der Waals surface area (Å²) in [5, 5.41) is 8.76. The Hall–Kier alpha value is -2.36. The maximum Gasteiger partial charge on any atom is 0.179 e. The van der Waals surface area contributed by atoms with Crippen molar-refractivity contribution in [1.29, 1.82) is 5.26 Å². The topological polar surface area (TPSA) is 70.4 Å². The summed E-state index contributed by atoms with van der Waals surface area (Å²) in [6.45, 7) is 1.93. The van der Waals surface area contributed by atoms with Crippen LogP contribution in [0.1, 0.15) is 5.56 Å². The highest BCUT2D eigenvalue weighted by molar-refractivity contribution is 7.91. The molecule has 1 heterocycles. The summed E-state index contributed by atoms with van der Waals surface area (Å²) in [6, 6.07) is 17.6. The molecule has 2 aromatic carbocycles. The van der Waals surface area contributed by atoms with Crippen molar-refractivity contribution in [3.8, 4) is 11.8 Å². The van der Waals surface area contributed by atoms with Crippen molar-refractivity contribution >= 4 is 9.84 Å². The highest BCUT2D eigenvalue weighted by atomic mass is 32.2. The summed E-state index contributed by atoms with van der Waals surface area (Å²) in [7, 11) is -3.23. The fourth-order valence-electron chi connectivity index (χ4n) is 2.58. The number of hydrogen-bond acceptors (Lipinski definition) is 5. The van der Waals surface area contributed by atoms with Crippen molar-refractivity contribution in [2.75, 3.05) is 25.4 Å². The van der Waals surface area contributed by atoms with Crippen molar-refractivity contribution in [3.05, 3.63) is 60.2 Å². The summed E-state index contributed by atoms with van der Waals surface area (Å²) in [5.74, 6) is 0.844. The number of nitriles is 1. The van der Waals surface area contributed by atoms with Gasteiger partial charge in [0, 0.05) is 19.6 Å². The Morgan fingerprint density at radius 3 is 2.38 bits per heavy atom. The van der Waals surface area contributed by atoms with Crippen LogP contribution in [0.2, 0.25) is 0 Å². The minimum atomic E-state index is -3.23. The summed E-state index contributed by atoms with van der Waals surface area (Å²) in [5.41, 5.74) is 0.601. The normalized spacial score (nSPS) is 15.5. The average Bonchev–Trinajstić information content (AvgIpc) is 2.58. The van der Waals surface area contributed by atoms with Crippen molar-refractivity contribution in [1.82, 2.24) is 4.90 Å². The zero-order chi connectivity index (χ0) is 17.0. The number of ether oxygens (including phenoxy) is 1. The number of sulfone groups is 1. The van der Waals surface area contributed by atoms with Crippen LogP contribution in [0.5, 0.6) is 5.75 Å². The zero-order valence-corrected chi connectivity index (χ0v) is 13.9. The number of likely N-dealkylation sites (tertiary alicyclic amines) is 1. The molecule has 3 rings (SSSR count). The average molecular weight is 342 g/mol. The fraction of sp³-hybridized carbons (Fsp3) is 0.278. The van der Waals surface area contributed by atoms with Crippen molar-refractivity contribution < 1.29 is 13.2 Å². The Morgan fingerprint density at radius 1 is 1.08 bits per heavy atom. The maximum atomic E-state index is 12.2. The van der Waals surface area contributed by atoms with Gasteiger partial charge in [-0.05, 0) is 36.4 Å². The summed E-state index contributed by atoms with van der Waals surface area (Å²) in [6.07, 6.45) is 0.0670. The molecule has 1 fully saturated rings. The predicted molar refractivity (Wildman–Crippen MR) is 90.5 cm³/mol. The first-order valence-corrected chi connectivity index (χ1v) is 9.39. The molecule has 0 N–H and O–H groups in total. The SMILES string of the molecule is N#Cc1ccc(OC2CN(CCS(=O)(=O)c3ccccc3)C2)cc1. The van der Waals surface area contributed by atoms with Crippen LogP contribution in [0.4, 0.5) is 0 Å². The highest BCUT2D eigenvalue weighted by Gasteiger charge is 2.29. The largest absolute Gasteiger partial charge is 0.488 e. The van der Waals surface area contributed by atoms with Crippen LogP contribution in [-0.2, 0) is 9.84 Å². The third kappa shape index (κ3) is 3.94. The molecule has 0 atom stereocenters. The standard InChI is InChI=1S/C18H18N2O3S/c19-12-15-6-8-16(9-7-15)23-17-13-20(14-17)10-11-24(21,22)18-4-2-1-3-5-18/h1-9,17H,10-11,13-14H2. The van der Waals surface area contributed by atoms with Crippen LogP contribution in [0, 0.1) is 11.3 Å². The van der Waals surface area contributed by atoms with Gasteiger partial charge in [0.2, 0.25) is 0 Å². The molecule has 6 heteroatoms. The van der Waals surface area contributed by atoms with Gasteiger partial charge in [-0.3, -0.25) is 4.90 Å². The fourth-order valence-corrected chi connectivity index (χ4v) is 3.88. The van der Waals surface area contributed by atoms with Gasteiger partial charge < -0.3 is 4.74 Å². The third-order valence-corrected chi connectivity index (χ3v) is 5.70. The van der Waals surface area contributed by atoms with Crippen LogP contribution >= 0.6 is 0 Å². The maximum absolute atomic E-state index is 12.2. The van der Waals surface area contributed by atoms with Gasteiger partial charge in [0.25, 0.3) is 0 Å². The molecule has 1 aliphatic heterocycles. The van der Waals surface area contributed by atoms with Gasteiger partial charge in [-0.15, -0.1) is 0 Å². The summed E-state index contributed by atoms with van der Waals surface area (Å²) in [4.78, 5) is 2.44. The van der Waals surface area contributed by atoms with E-state index in [1.165, 1.54) is 0 Å². The first-order valence-electron chi connectivity index (χ1n) is 7.74. The minimum Gasteiger partial charge on any atom is -0.488 e. The minimum absolute atomic E-state index is 0.0670. The second-order valence-corrected chi connectivity index (χ2v) is 7.88. The van der Waals surface area contributed by atoms with Crippen molar-refractivity contribution in [3.63, 3.8) is 0 Å². The predicted octanol–water partition coefficient (Wildman–Crippen LogP) is 2.10. The Morgan fingerprint density at radius 2 is 1.75 bits per heavy atom. The smallest absolute Gasteiger partial charge is 0.179 e. The second-order valence-electron chi connectivity index (χ2n) is 5.77. The lowest BCUT2D eigenvalue weighted by Crippen LogP contribution is -2.54. The van der Waals surface area contributed by atoms with Gasteiger partial charge in [0.1, 0.15) is 11.9 Å². The molecular formula is C18H18N2O3S. The Labute approximate surface area is 142 Å². The first kappa shape index (κ1) is 16.5. The Kier molecular flexibility index (Phi) is 4.84. The number of nitrogens with zero attached hydrogens (tertiary/aromatic N) is 2. The van der Waals surface area contributed by atoms with E-state index < -0.39 is 9.84 Å². The third-order valence-electron chi connectivity index (χ3n) is 3.99. The van der Waals surface area contributed by atoms with E-state index in [0.717, 1.165) is 5.75 Å². The van der Waals surface area contributed by atoms with E-state index in [0.29, 0.717) is 30.1 Å². The molecule has 0 aliphatic carbocycles. The molecule has 124 valence electrons. The molecule has 0 aromatic heterocycles. The molecule has 0 amide bonds. The van der Waals surface area contributed by atoms with Crippen LogP contribution in [0.15, 0.2) is 59.5 Å². The van der Waals surface area contributed by atoms with E-state index >= 15 is 0 Å². The van der Waals surface area contributed by atoms with Crippen LogP contribution in [-0.4, -0.2) is 44.8 Å². The van der Waals surface area contributed by atoms with Crippen molar-refractivity contribution in [2.45, 2.75) is 11.0 Å². The second kappa shape index (κ2) is 7.04. The molecule has 0 spiro atoms. The highest BCUT2D eigenvalue weighted by Crippen LogP contribution is 2.19. The lowest BCUT2D eigenvalue weighted by Gasteiger charge is -2.38. The van der Waals surface area contributed by atoms with E-state index in [1.54, 1.807) is 54.6 Å². The molecule has 1 aliphatic rings. The van der Waals surface area contributed by atoms with Gasteiger partial charge >= 0.3 is 0 Å². The quantitative estimate of drug-likeness (QED) is 0.804. The monoisotopic (exact) mass is 342 g/mol. The molecule has 2 aromatic rings. The lowest BCUT2D eigenvalue weighted by molar-refractivity contribution is 0.0243. The van der Waals surface area contributed by atoms with Crippen LogP contribution in [0.3, 0.4) is 0 Å². The molecule has 24 heavy (non-hydrogen) atoms. The van der Waals surface area contributed by atoms with E-state index in [4.69, 9.17) is 10.00 Å². The number of hydrogen-bond donors (Lipinski definition) is 0. The molecule has 0 saturated carbocycles. The Bertz CT molecular complexity index is 821. The lowest BCUT2D eigenvalue weighted by atomic mass is 10.1. The van der Waals surface area contributed by atoms with E-state index in [-0.39, 0.29) is 11.9 Å². The van der Waals surface area contributed by atoms with Gasteiger partial charge in [-0.25, -0.2) is 8.42 Å². The number of rotatable bonds is 6. The van der Waals surface area contributed by atoms with Crippen molar-refractivity contribution in [2.24, 2.45) is 0 Å². The van der Waals surface area contributed by atoms with E-state index in [9.17, 15) is 8.42 Å². The van der Waals surface area contributed by atoms with E-state index in [2.05, 4.69) is 11.0 Å². The summed E-state index contributed by atoms with van der Waals surface area (Å²) >= 11 is 0. The molecular weight excluding hydrogens is 324 g/mol. The number of benzene rings is 2. The summed E-state index contributed by atoms with van der Waals surface area (Å²) < 4.78 is 30.2. The molecule has 0 bridgehead atoms. The van der Waals surface area contributed by atoms with Crippen LogP contribution < -0.4 is 4.74 Å². The van der Waals surface area contributed by atoms with Gasteiger partial charge in [-0.2, -0.15) is 5.26 Å². The van der Waals surface area contributed by atoms with Crippen LogP contribution in [0.25, 0.3) is 0 Å². The molecule has 1 saturated heterocycles. The Balaban J connectivity index is 1.45.